The molecule has 3 aliphatic heterocycles. The highest BCUT2D eigenvalue weighted by Gasteiger charge is 2.42. The summed E-state index contributed by atoms with van der Waals surface area (Å²) in [5, 5.41) is 10.5. The molecule has 4 amide bonds. The van der Waals surface area contributed by atoms with E-state index in [2.05, 4.69) is 15.7 Å². The molecule has 1 saturated heterocycles. The van der Waals surface area contributed by atoms with Crippen LogP contribution in [0, 0.1) is 0 Å². The molecule has 0 saturated carbocycles. The highest BCUT2D eigenvalue weighted by atomic mass is 16.5. The molecule has 0 aliphatic carbocycles. The van der Waals surface area contributed by atoms with E-state index in [1.54, 1.807) is 29.8 Å². The molecule has 4 heterocycles. The van der Waals surface area contributed by atoms with Crippen LogP contribution in [0.3, 0.4) is 0 Å². The molecule has 12 nitrogen and oxygen atoms in total. The van der Waals surface area contributed by atoms with Crippen molar-refractivity contribution in [1.82, 2.24) is 30.2 Å². The predicted octanol–water partition coefficient (Wildman–Crippen LogP) is 3.74. The highest BCUT2D eigenvalue weighted by molar-refractivity contribution is 5.97. The third-order valence-electron chi connectivity index (χ3n) is 9.05. The number of aromatic nitrogens is 2. The zero-order valence-corrected chi connectivity index (χ0v) is 28.8. The normalized spacial score (nSPS) is 19.7. The van der Waals surface area contributed by atoms with Crippen molar-refractivity contribution < 1.29 is 28.7 Å². The van der Waals surface area contributed by atoms with Gasteiger partial charge in [-0.25, -0.2) is 0 Å². The Labute approximate surface area is 288 Å². The third-order valence-corrected chi connectivity index (χ3v) is 9.05. The summed E-state index contributed by atoms with van der Waals surface area (Å²) in [5.74, 6) is 0.468. The lowest BCUT2D eigenvalue weighted by atomic mass is 10.1. The zero-order valence-electron chi connectivity index (χ0n) is 28.8. The number of amides is 4. The largest absolute Gasteiger partial charge is 0.493 e. The average Bonchev–Trinajstić information content (AvgIpc) is 3.71. The molecular formula is C37H48N6O6. The first kappa shape index (κ1) is 35.4. The Bertz CT molecular complexity index is 1610. The third kappa shape index (κ3) is 9.18. The van der Waals surface area contributed by atoms with Crippen LogP contribution in [-0.4, -0.2) is 95.2 Å². The first-order chi connectivity index (χ1) is 23.8. The maximum Gasteiger partial charge on any atom is 0.275 e. The minimum absolute atomic E-state index is 0.0471. The van der Waals surface area contributed by atoms with Gasteiger partial charge in [0.15, 0.2) is 17.2 Å². The summed E-state index contributed by atoms with van der Waals surface area (Å²) in [6.07, 6.45) is 3.94. The molecular weight excluding hydrogens is 624 g/mol. The van der Waals surface area contributed by atoms with Crippen LogP contribution >= 0.6 is 0 Å². The maximum absolute atomic E-state index is 14.0. The Hall–Kier alpha value is -4.87. The number of carbonyl (C=O) groups excluding carboxylic acids is 4. The van der Waals surface area contributed by atoms with Crippen molar-refractivity contribution >= 4 is 23.6 Å². The van der Waals surface area contributed by atoms with E-state index in [0.29, 0.717) is 82.6 Å². The van der Waals surface area contributed by atoms with Gasteiger partial charge in [0.05, 0.1) is 19.3 Å². The van der Waals surface area contributed by atoms with Crippen molar-refractivity contribution in [3.8, 4) is 22.8 Å². The fraction of sp³-hybridized carbons (Fsp3) is 0.486. The monoisotopic (exact) mass is 672 g/mol. The number of carbonyl (C=O) groups is 4. The summed E-state index contributed by atoms with van der Waals surface area (Å²) >= 11 is 0. The van der Waals surface area contributed by atoms with Gasteiger partial charge in [0, 0.05) is 52.5 Å². The van der Waals surface area contributed by atoms with Crippen LogP contribution in [0.25, 0.3) is 11.3 Å². The molecule has 1 fully saturated rings. The number of fused-ring (bicyclic) bond motifs is 15. The fourth-order valence-electron chi connectivity index (χ4n) is 6.43. The number of aryl methyl sites for hydroxylation is 2. The summed E-state index contributed by atoms with van der Waals surface area (Å²) in [5.41, 5.74) is 2.89. The van der Waals surface area contributed by atoms with Crippen molar-refractivity contribution in [3.63, 3.8) is 0 Å². The van der Waals surface area contributed by atoms with Crippen molar-refractivity contribution in [2.45, 2.75) is 70.4 Å². The van der Waals surface area contributed by atoms with Gasteiger partial charge in [0.25, 0.3) is 5.91 Å². The van der Waals surface area contributed by atoms with Crippen LogP contribution < -0.4 is 20.1 Å². The summed E-state index contributed by atoms with van der Waals surface area (Å²) < 4.78 is 13.7. The molecule has 2 N–H and O–H groups in total. The number of hydrogen-bond donors (Lipinski definition) is 2. The predicted molar refractivity (Wildman–Crippen MR) is 185 cm³/mol. The Morgan fingerprint density at radius 2 is 1.76 bits per heavy atom. The summed E-state index contributed by atoms with van der Waals surface area (Å²) in [7, 11) is 3.35. The number of nitrogens with zero attached hydrogens (tertiary/aromatic N) is 4. The topological polar surface area (TPSA) is 135 Å². The van der Waals surface area contributed by atoms with Gasteiger partial charge in [-0.2, -0.15) is 5.10 Å². The van der Waals surface area contributed by atoms with Crippen LogP contribution in [0.2, 0.25) is 0 Å². The Kier molecular flexibility index (Phi) is 12.3. The molecule has 1 aromatic heterocycles. The number of ether oxygens (including phenoxy) is 2. The fourth-order valence-corrected chi connectivity index (χ4v) is 6.43. The van der Waals surface area contributed by atoms with Gasteiger partial charge < -0.3 is 29.9 Å². The SMILES string of the molecule is CCCC(=O)N1CCCCNC(=O)[C@@H]2C[C@@H](CN2C(=O)c2cc(-c3ccccc3)n(C)n2)Oc2ccc(cc2OC)CCC(=O)NCCC1. The Morgan fingerprint density at radius 1 is 0.980 bits per heavy atom. The number of methoxy groups -OCH3 is 1. The number of benzene rings is 2. The van der Waals surface area contributed by atoms with Crippen LogP contribution in [0.5, 0.6) is 11.5 Å². The van der Waals surface area contributed by atoms with E-state index < -0.39 is 12.1 Å². The Balaban J connectivity index is 1.37. The van der Waals surface area contributed by atoms with Gasteiger partial charge in [-0.15, -0.1) is 0 Å². The second kappa shape index (κ2) is 17.0. The molecule has 3 aromatic rings. The minimum Gasteiger partial charge on any atom is -0.493 e. The lowest BCUT2D eigenvalue weighted by molar-refractivity contribution is -0.131. The van der Waals surface area contributed by atoms with Crippen LogP contribution in [0.4, 0.5) is 0 Å². The quantitative estimate of drug-likeness (QED) is 0.422. The van der Waals surface area contributed by atoms with Crippen molar-refractivity contribution in [2.75, 3.05) is 39.8 Å². The molecule has 49 heavy (non-hydrogen) atoms. The van der Waals surface area contributed by atoms with E-state index >= 15 is 0 Å². The maximum atomic E-state index is 14.0. The van der Waals surface area contributed by atoms with Crippen molar-refractivity contribution in [3.05, 3.63) is 65.9 Å². The molecule has 2 aromatic carbocycles. The smallest absolute Gasteiger partial charge is 0.275 e. The van der Waals surface area contributed by atoms with Gasteiger partial charge in [0.2, 0.25) is 17.7 Å². The molecule has 4 bridgehead atoms. The number of likely N-dealkylation sites (tertiary alicyclic amines) is 1. The number of rotatable bonds is 5. The summed E-state index contributed by atoms with van der Waals surface area (Å²) in [4.78, 5) is 56.5. The first-order valence-electron chi connectivity index (χ1n) is 17.3. The van der Waals surface area contributed by atoms with E-state index in [4.69, 9.17) is 9.47 Å². The van der Waals surface area contributed by atoms with Crippen molar-refractivity contribution in [1.29, 1.82) is 0 Å². The van der Waals surface area contributed by atoms with E-state index in [9.17, 15) is 19.2 Å². The van der Waals surface area contributed by atoms with Gasteiger partial charge >= 0.3 is 0 Å². The second-order valence-corrected chi connectivity index (χ2v) is 12.7. The lowest BCUT2D eigenvalue weighted by Gasteiger charge is -2.24. The number of hydrogen-bond acceptors (Lipinski definition) is 7. The molecule has 0 radical (unpaired) electrons. The van der Waals surface area contributed by atoms with Crippen LogP contribution in [-0.2, 0) is 27.9 Å². The second-order valence-electron chi connectivity index (χ2n) is 12.7. The lowest BCUT2D eigenvalue weighted by Crippen LogP contribution is -2.46. The molecule has 0 unspecified atom stereocenters. The summed E-state index contributed by atoms with van der Waals surface area (Å²) in [6.45, 7) is 4.21. The van der Waals surface area contributed by atoms with Gasteiger partial charge in [-0.1, -0.05) is 43.3 Å². The Morgan fingerprint density at radius 3 is 2.53 bits per heavy atom. The number of nitrogens with one attached hydrogen (secondary N) is 2. The van der Waals surface area contributed by atoms with Crippen LogP contribution in [0.15, 0.2) is 54.6 Å². The molecule has 0 spiro atoms. The average molecular weight is 673 g/mol. The minimum atomic E-state index is -0.760. The zero-order chi connectivity index (χ0) is 34.8. The van der Waals surface area contributed by atoms with Crippen molar-refractivity contribution in [2.24, 2.45) is 7.05 Å². The van der Waals surface area contributed by atoms with E-state index in [0.717, 1.165) is 23.2 Å². The van der Waals surface area contributed by atoms with E-state index in [-0.39, 0.29) is 35.9 Å². The van der Waals surface area contributed by atoms with E-state index in [1.165, 1.54) is 0 Å². The summed E-state index contributed by atoms with van der Waals surface area (Å²) in [6, 6.07) is 16.3. The molecule has 2 atom stereocenters. The first-order valence-corrected chi connectivity index (χ1v) is 17.3. The van der Waals surface area contributed by atoms with Gasteiger partial charge in [0.1, 0.15) is 12.1 Å². The molecule has 12 heteroatoms. The molecule has 262 valence electrons. The van der Waals surface area contributed by atoms with Gasteiger partial charge in [-0.05, 0) is 61.4 Å². The van der Waals surface area contributed by atoms with E-state index in [1.807, 2.05) is 60.4 Å². The standard InChI is InChI=1S/C37H48N6O6/c1-4-11-35(45)42-20-9-8-18-39-36(46)31-23-28(25-43(31)37(47)29-24-30(41(2)40-29)27-12-6-5-7-13-27)49-32-16-14-26(22-33(32)48-3)15-17-34(44)38-19-10-21-42/h5-7,12-14,16,22,24,28,31H,4,8-11,15,17-21,23,25H2,1-3H3,(H,38,44)(H,39,46)/t28-,31-/m0/s1. The molecule has 6 rings (SSSR count). The highest BCUT2D eigenvalue weighted by Crippen LogP contribution is 2.33. The molecule has 3 aliphatic rings. The van der Waals surface area contributed by atoms with Crippen LogP contribution in [0.1, 0.15) is 67.9 Å². The van der Waals surface area contributed by atoms with Gasteiger partial charge in [-0.3, -0.25) is 23.9 Å².